The topological polar surface area (TPSA) is 102 Å². The molecule has 3 unspecified atom stereocenters. The zero-order valence-electron chi connectivity index (χ0n) is 20.0. The van der Waals surface area contributed by atoms with Crippen LogP contribution in [0.4, 0.5) is 0 Å². The van der Waals surface area contributed by atoms with Crippen molar-refractivity contribution >= 4 is 11.9 Å². The van der Waals surface area contributed by atoms with E-state index in [1.807, 2.05) is 37.3 Å². The van der Waals surface area contributed by atoms with E-state index < -0.39 is 11.6 Å². The Morgan fingerprint density at radius 3 is 2.44 bits per heavy atom. The van der Waals surface area contributed by atoms with Crippen LogP contribution in [-0.2, 0) is 20.9 Å². The minimum atomic E-state index is -0.740. The van der Waals surface area contributed by atoms with Crippen LogP contribution in [0.1, 0.15) is 77.7 Å². The number of amides is 1. The van der Waals surface area contributed by atoms with Crippen molar-refractivity contribution in [1.82, 2.24) is 5.32 Å². The molecule has 1 aromatic carbocycles. The maximum Gasteiger partial charge on any atom is 0.307 e. The lowest BCUT2D eigenvalue weighted by Gasteiger charge is -2.41. The van der Waals surface area contributed by atoms with Gasteiger partial charge in [-0.05, 0) is 50.0 Å². The van der Waals surface area contributed by atoms with Crippen molar-refractivity contribution in [3.8, 4) is 0 Å². The molecule has 2 rings (SSSR count). The first kappa shape index (κ1) is 26.3. The van der Waals surface area contributed by atoms with E-state index in [4.69, 9.17) is 10.5 Å². The third-order valence-electron chi connectivity index (χ3n) is 6.71. The van der Waals surface area contributed by atoms with Crippen molar-refractivity contribution in [2.75, 3.05) is 6.54 Å². The Hall–Kier alpha value is -1.92. The van der Waals surface area contributed by atoms with Crippen molar-refractivity contribution < 1.29 is 19.4 Å². The predicted octanol–water partition coefficient (Wildman–Crippen LogP) is 3.95. The molecule has 0 bridgehead atoms. The third kappa shape index (κ3) is 8.55. The summed E-state index contributed by atoms with van der Waals surface area (Å²) in [6, 6.07) is 9.50. The molecule has 0 saturated heterocycles. The number of carbonyl (C=O) groups excluding carboxylic acids is 2. The van der Waals surface area contributed by atoms with E-state index in [2.05, 4.69) is 19.2 Å². The summed E-state index contributed by atoms with van der Waals surface area (Å²) in [5.74, 6) is -0.216. The van der Waals surface area contributed by atoms with Crippen molar-refractivity contribution in [2.45, 2.75) is 90.4 Å². The first-order chi connectivity index (χ1) is 15.2. The Morgan fingerprint density at radius 2 is 1.81 bits per heavy atom. The summed E-state index contributed by atoms with van der Waals surface area (Å²) in [7, 11) is 0. The molecule has 1 amide bonds. The van der Waals surface area contributed by atoms with Gasteiger partial charge in [0.2, 0.25) is 5.91 Å². The Morgan fingerprint density at radius 1 is 1.16 bits per heavy atom. The molecule has 0 heterocycles. The number of aliphatic hydroxyl groups excluding tert-OH is 1. The predicted molar refractivity (Wildman–Crippen MR) is 127 cm³/mol. The third-order valence-corrected chi connectivity index (χ3v) is 6.71. The van der Waals surface area contributed by atoms with Crippen molar-refractivity contribution in [3.63, 3.8) is 0 Å². The summed E-state index contributed by atoms with van der Waals surface area (Å²) in [6.45, 7) is 6.51. The average Bonchev–Trinajstić information content (AvgIpc) is 2.78. The Labute approximate surface area is 193 Å². The minimum absolute atomic E-state index is 0.117. The zero-order chi connectivity index (χ0) is 23.6. The molecule has 0 radical (unpaired) electrons. The molecule has 180 valence electrons. The molecule has 6 heteroatoms. The number of aliphatic hydroxyl groups is 1. The molecule has 3 atom stereocenters. The molecule has 1 fully saturated rings. The van der Waals surface area contributed by atoms with Gasteiger partial charge in [0, 0.05) is 18.0 Å². The molecule has 0 aromatic heterocycles. The normalized spacial score (nSPS) is 18.6. The number of benzene rings is 1. The quantitative estimate of drug-likeness (QED) is 0.422. The Bertz CT molecular complexity index is 699. The van der Waals surface area contributed by atoms with Crippen LogP contribution >= 0.6 is 0 Å². The highest BCUT2D eigenvalue weighted by Crippen LogP contribution is 2.35. The fraction of sp³-hybridized carbons (Fsp3) is 0.692. The summed E-state index contributed by atoms with van der Waals surface area (Å²) >= 11 is 0. The van der Waals surface area contributed by atoms with E-state index in [0.29, 0.717) is 18.8 Å². The van der Waals surface area contributed by atoms with Gasteiger partial charge in [-0.3, -0.25) is 9.59 Å². The van der Waals surface area contributed by atoms with Crippen LogP contribution in [0, 0.1) is 17.8 Å². The average molecular weight is 447 g/mol. The van der Waals surface area contributed by atoms with E-state index in [1.165, 1.54) is 6.42 Å². The van der Waals surface area contributed by atoms with E-state index >= 15 is 0 Å². The van der Waals surface area contributed by atoms with Crippen LogP contribution in [0.3, 0.4) is 0 Å². The lowest BCUT2D eigenvalue weighted by atomic mass is 9.71. The molecule has 1 saturated carbocycles. The second-order valence-electron chi connectivity index (χ2n) is 9.97. The molecule has 0 spiro atoms. The standard InChI is InChI=1S/C26H42N2O4/c1-19(2)16-21(17-23(29)26(3,27)22-12-8-5-9-13-22)25(31)28-15-14-24(30)32-18-20-10-6-4-7-11-20/h4,6-7,10-11,19,21-23,29H,5,8-9,12-18,27H2,1-3H3,(H,28,31). The monoisotopic (exact) mass is 446 g/mol. The molecule has 4 N–H and O–H groups in total. The van der Waals surface area contributed by atoms with Gasteiger partial charge >= 0.3 is 5.97 Å². The van der Waals surface area contributed by atoms with Gasteiger partial charge < -0.3 is 20.9 Å². The van der Waals surface area contributed by atoms with Crippen molar-refractivity contribution in [3.05, 3.63) is 35.9 Å². The van der Waals surface area contributed by atoms with E-state index in [1.54, 1.807) is 0 Å². The SMILES string of the molecule is CC(C)CC(CC(O)C(C)(N)C1CCCCC1)C(=O)NCCC(=O)OCc1ccccc1. The molecule has 1 aromatic rings. The largest absolute Gasteiger partial charge is 0.461 e. The van der Waals surface area contributed by atoms with E-state index in [9.17, 15) is 14.7 Å². The molecule has 1 aliphatic rings. The second kappa shape index (κ2) is 12.9. The summed E-state index contributed by atoms with van der Waals surface area (Å²) in [4.78, 5) is 24.9. The van der Waals surface area contributed by atoms with Crippen molar-refractivity contribution in [2.24, 2.45) is 23.5 Å². The number of carbonyl (C=O) groups is 2. The van der Waals surface area contributed by atoms with Gasteiger partial charge in [0.05, 0.1) is 12.5 Å². The maximum atomic E-state index is 12.9. The van der Waals surface area contributed by atoms with Crippen LogP contribution in [0.5, 0.6) is 0 Å². The number of rotatable bonds is 12. The first-order valence-electron chi connectivity index (χ1n) is 12.1. The lowest BCUT2D eigenvalue weighted by molar-refractivity contribution is -0.144. The molecule has 6 nitrogen and oxygen atoms in total. The first-order valence-corrected chi connectivity index (χ1v) is 12.1. The number of nitrogens with two attached hydrogens (primary N) is 1. The van der Waals surface area contributed by atoms with E-state index in [0.717, 1.165) is 31.2 Å². The summed E-state index contributed by atoms with van der Waals surface area (Å²) in [5, 5.41) is 13.8. The van der Waals surface area contributed by atoms with Gasteiger partial charge in [-0.2, -0.15) is 0 Å². The summed E-state index contributed by atoms with van der Waals surface area (Å²) in [6.07, 6.45) is 6.00. The van der Waals surface area contributed by atoms with Gasteiger partial charge in [-0.25, -0.2) is 0 Å². The Balaban J connectivity index is 1.82. The smallest absolute Gasteiger partial charge is 0.307 e. The van der Waals surface area contributed by atoms with Gasteiger partial charge in [0.25, 0.3) is 0 Å². The van der Waals surface area contributed by atoms with Crippen LogP contribution in [0.15, 0.2) is 30.3 Å². The number of nitrogens with one attached hydrogen (secondary N) is 1. The van der Waals surface area contributed by atoms with Crippen LogP contribution in [0.25, 0.3) is 0 Å². The lowest BCUT2D eigenvalue weighted by Crippen LogP contribution is -2.55. The van der Waals surface area contributed by atoms with Crippen molar-refractivity contribution in [1.29, 1.82) is 0 Å². The van der Waals surface area contributed by atoms with Gasteiger partial charge in [0.1, 0.15) is 6.61 Å². The number of hydrogen-bond acceptors (Lipinski definition) is 5. The zero-order valence-corrected chi connectivity index (χ0v) is 20.0. The molecule has 1 aliphatic carbocycles. The molecule has 32 heavy (non-hydrogen) atoms. The molecular weight excluding hydrogens is 404 g/mol. The van der Waals surface area contributed by atoms with Crippen LogP contribution in [-0.4, -0.2) is 35.2 Å². The maximum absolute atomic E-state index is 12.9. The highest BCUT2D eigenvalue weighted by Gasteiger charge is 2.39. The van der Waals surface area contributed by atoms with E-state index in [-0.39, 0.29) is 43.3 Å². The second-order valence-corrected chi connectivity index (χ2v) is 9.97. The number of hydrogen-bond donors (Lipinski definition) is 3. The molecule has 0 aliphatic heterocycles. The summed E-state index contributed by atoms with van der Waals surface area (Å²) in [5.41, 5.74) is 6.82. The minimum Gasteiger partial charge on any atom is -0.461 e. The highest BCUT2D eigenvalue weighted by molar-refractivity contribution is 5.79. The fourth-order valence-electron chi connectivity index (χ4n) is 4.64. The Kier molecular flexibility index (Phi) is 10.7. The van der Waals surface area contributed by atoms with Crippen LogP contribution in [0.2, 0.25) is 0 Å². The fourth-order valence-corrected chi connectivity index (χ4v) is 4.64. The van der Waals surface area contributed by atoms with Gasteiger partial charge in [-0.1, -0.05) is 63.4 Å². The van der Waals surface area contributed by atoms with Gasteiger partial charge in [0.15, 0.2) is 0 Å². The van der Waals surface area contributed by atoms with Crippen LogP contribution < -0.4 is 11.1 Å². The van der Waals surface area contributed by atoms with Gasteiger partial charge in [-0.15, -0.1) is 0 Å². The number of esters is 1. The molecular formula is C26H42N2O4. The summed E-state index contributed by atoms with van der Waals surface area (Å²) < 4.78 is 5.26. The number of ether oxygens (including phenoxy) is 1. The highest BCUT2D eigenvalue weighted by atomic mass is 16.5.